The van der Waals surface area contributed by atoms with Crippen molar-refractivity contribution in [1.29, 1.82) is 0 Å². The molecule has 1 amide bonds. The van der Waals surface area contributed by atoms with Gasteiger partial charge in [0.2, 0.25) is 0 Å². The average Bonchev–Trinajstić information content (AvgIpc) is 3.50. The number of benzene rings is 2. The Balaban J connectivity index is 1.31. The number of hydroxylamine groups is 2. The molecule has 0 radical (unpaired) electrons. The van der Waals surface area contributed by atoms with Crippen LogP contribution < -0.4 is 29.0 Å². The minimum absolute atomic E-state index is 0.194. The molecule has 4 heterocycles. The standard InChI is InChI=1S/C38H50N2O10/c1-19(2)26-14-24-25(48-26)12-11-22-33(24)49-30-18-46-27-15-29(45-10)28(44-9)13-23(27)31(30)34(22)50-35(41)32(20(3)4)39-36(42)47-21-16-37(5,6)40(43)38(7,8)17-21/h11-13,15,20-21,26,30-32,34,43H,1,14,16-18H2,2-10H3,(H,39,42)/t26-,30-,31+,32+,34-/m1/s1. The Bertz CT molecular complexity index is 1650. The van der Waals surface area contributed by atoms with Crippen molar-refractivity contribution < 1.29 is 48.0 Å². The van der Waals surface area contributed by atoms with E-state index in [4.69, 9.17) is 33.2 Å². The number of hydrogen-bond donors (Lipinski definition) is 2. The molecule has 0 aliphatic carbocycles. The van der Waals surface area contributed by atoms with Crippen molar-refractivity contribution >= 4 is 12.1 Å². The Hall–Kier alpha value is -4.16. The van der Waals surface area contributed by atoms with Crippen LogP contribution in [0.2, 0.25) is 0 Å². The normalized spacial score (nSPS) is 25.3. The lowest BCUT2D eigenvalue weighted by Crippen LogP contribution is -2.61. The molecule has 4 aliphatic heterocycles. The summed E-state index contributed by atoms with van der Waals surface area (Å²) in [5, 5.41) is 14.8. The van der Waals surface area contributed by atoms with E-state index in [0.717, 1.165) is 16.7 Å². The molecule has 2 aromatic carbocycles. The fourth-order valence-electron chi connectivity index (χ4n) is 7.90. The van der Waals surface area contributed by atoms with E-state index in [0.29, 0.717) is 53.6 Å². The summed E-state index contributed by atoms with van der Waals surface area (Å²) < 4.78 is 42.6. The molecule has 272 valence electrons. The molecule has 4 aliphatic rings. The van der Waals surface area contributed by atoms with Gasteiger partial charge in [0, 0.05) is 53.1 Å². The van der Waals surface area contributed by atoms with Crippen molar-refractivity contribution in [3.05, 3.63) is 53.1 Å². The lowest BCUT2D eigenvalue weighted by Gasteiger charge is -2.50. The van der Waals surface area contributed by atoms with Gasteiger partial charge in [-0.05, 0) is 64.3 Å². The maximum Gasteiger partial charge on any atom is 0.408 e. The molecule has 5 atom stereocenters. The van der Waals surface area contributed by atoms with Gasteiger partial charge in [0.25, 0.3) is 0 Å². The number of nitrogens with one attached hydrogen (secondary N) is 1. The molecule has 12 nitrogen and oxygen atoms in total. The van der Waals surface area contributed by atoms with Crippen molar-refractivity contribution in [2.24, 2.45) is 5.92 Å². The largest absolute Gasteiger partial charge is 0.493 e. The molecule has 2 aromatic rings. The second-order valence-corrected chi connectivity index (χ2v) is 15.5. The second-order valence-electron chi connectivity index (χ2n) is 15.5. The van der Waals surface area contributed by atoms with E-state index < -0.39 is 53.4 Å². The van der Waals surface area contributed by atoms with Gasteiger partial charge in [-0.1, -0.05) is 20.4 Å². The quantitative estimate of drug-likeness (QED) is 0.239. The number of nitrogens with zero attached hydrogens (tertiary/aromatic N) is 1. The molecule has 0 saturated carbocycles. The van der Waals surface area contributed by atoms with Crippen LogP contribution in [0, 0.1) is 5.92 Å². The summed E-state index contributed by atoms with van der Waals surface area (Å²) in [5.74, 6) is 1.48. The van der Waals surface area contributed by atoms with Gasteiger partial charge in [-0.15, -0.1) is 0 Å². The third-order valence-electron chi connectivity index (χ3n) is 10.3. The molecule has 0 aromatic heterocycles. The van der Waals surface area contributed by atoms with Gasteiger partial charge >= 0.3 is 12.1 Å². The van der Waals surface area contributed by atoms with Crippen LogP contribution in [0.1, 0.15) is 90.0 Å². The minimum atomic E-state index is -1.01. The number of amides is 1. The van der Waals surface area contributed by atoms with Gasteiger partial charge in [0.15, 0.2) is 11.5 Å². The Labute approximate surface area is 293 Å². The molecule has 1 fully saturated rings. The van der Waals surface area contributed by atoms with Crippen LogP contribution in [0.15, 0.2) is 36.4 Å². The average molecular weight is 695 g/mol. The van der Waals surface area contributed by atoms with Crippen molar-refractivity contribution in [1.82, 2.24) is 10.4 Å². The molecule has 2 N–H and O–H groups in total. The predicted molar refractivity (Wildman–Crippen MR) is 183 cm³/mol. The fraction of sp³-hybridized carbons (Fsp3) is 0.579. The first-order valence-electron chi connectivity index (χ1n) is 17.2. The Morgan fingerprint density at radius 1 is 0.980 bits per heavy atom. The van der Waals surface area contributed by atoms with Gasteiger partial charge < -0.3 is 43.7 Å². The first-order chi connectivity index (χ1) is 23.5. The van der Waals surface area contributed by atoms with Crippen LogP contribution in [-0.2, 0) is 20.7 Å². The van der Waals surface area contributed by atoms with Crippen LogP contribution in [0.3, 0.4) is 0 Å². The highest BCUT2D eigenvalue weighted by molar-refractivity contribution is 5.82. The molecular formula is C38H50N2O10. The van der Waals surface area contributed by atoms with Crippen LogP contribution in [0.5, 0.6) is 28.7 Å². The maximum atomic E-state index is 14.2. The van der Waals surface area contributed by atoms with Crippen molar-refractivity contribution in [3.8, 4) is 28.7 Å². The zero-order valence-electron chi connectivity index (χ0n) is 30.5. The Kier molecular flexibility index (Phi) is 9.40. The number of esters is 1. The highest BCUT2D eigenvalue weighted by Gasteiger charge is 2.50. The topological polar surface area (TPSA) is 134 Å². The summed E-state index contributed by atoms with van der Waals surface area (Å²) in [6, 6.07) is 6.35. The second kappa shape index (κ2) is 13.2. The van der Waals surface area contributed by atoms with Gasteiger partial charge in [0.05, 0.1) is 20.1 Å². The third-order valence-corrected chi connectivity index (χ3v) is 10.3. The number of carbonyl (C=O) groups is 2. The Morgan fingerprint density at radius 2 is 1.64 bits per heavy atom. The summed E-state index contributed by atoms with van der Waals surface area (Å²) in [6.07, 6.45) is -1.28. The number of carbonyl (C=O) groups excluding carboxylic acids is 2. The molecule has 0 unspecified atom stereocenters. The van der Waals surface area contributed by atoms with Crippen LogP contribution in [-0.4, -0.2) is 78.6 Å². The number of fused-ring (bicyclic) bond motifs is 6. The summed E-state index contributed by atoms with van der Waals surface area (Å²) >= 11 is 0. The number of ether oxygens (including phenoxy) is 7. The van der Waals surface area contributed by atoms with E-state index in [-0.39, 0.29) is 18.6 Å². The number of rotatable bonds is 8. The highest BCUT2D eigenvalue weighted by atomic mass is 16.6. The van der Waals surface area contributed by atoms with E-state index in [2.05, 4.69) is 11.9 Å². The van der Waals surface area contributed by atoms with E-state index in [1.807, 2.05) is 66.7 Å². The zero-order chi connectivity index (χ0) is 36.3. The van der Waals surface area contributed by atoms with Gasteiger partial charge in [-0.2, -0.15) is 5.06 Å². The van der Waals surface area contributed by atoms with E-state index in [9.17, 15) is 14.8 Å². The molecule has 6 rings (SSSR count). The lowest BCUT2D eigenvalue weighted by molar-refractivity contribution is -0.256. The summed E-state index contributed by atoms with van der Waals surface area (Å²) in [6.45, 7) is 17.5. The number of hydrogen-bond acceptors (Lipinski definition) is 11. The smallest absolute Gasteiger partial charge is 0.408 e. The van der Waals surface area contributed by atoms with Gasteiger partial charge in [-0.25, -0.2) is 9.59 Å². The molecule has 1 saturated heterocycles. The first kappa shape index (κ1) is 35.7. The van der Waals surface area contributed by atoms with E-state index in [1.54, 1.807) is 20.3 Å². The molecule has 50 heavy (non-hydrogen) atoms. The van der Waals surface area contributed by atoms with Crippen LogP contribution in [0.4, 0.5) is 4.79 Å². The highest BCUT2D eigenvalue weighted by Crippen LogP contribution is 2.55. The van der Waals surface area contributed by atoms with E-state index >= 15 is 0 Å². The summed E-state index contributed by atoms with van der Waals surface area (Å²) in [5.41, 5.74) is 1.99. The van der Waals surface area contributed by atoms with Crippen molar-refractivity contribution in [3.63, 3.8) is 0 Å². The number of methoxy groups -OCH3 is 2. The van der Waals surface area contributed by atoms with Crippen molar-refractivity contribution in [2.75, 3.05) is 20.8 Å². The van der Waals surface area contributed by atoms with Crippen molar-refractivity contribution in [2.45, 2.75) is 115 Å². The monoisotopic (exact) mass is 694 g/mol. The molecule has 0 spiro atoms. The van der Waals surface area contributed by atoms with Crippen LogP contribution in [0.25, 0.3) is 0 Å². The molecular weight excluding hydrogens is 644 g/mol. The SMILES string of the molecule is C=C(C)[C@H]1Cc2c(ccc3c2O[C@@H]2COc4cc(OC)c(OC)cc4[C@@H]2[C@@H]3OC(=O)[C@@H](NC(=O)OC2CC(C)(C)N(O)C(C)(C)C2)C(C)C)O1. The number of piperidine rings is 1. The lowest BCUT2D eigenvalue weighted by atomic mass is 9.79. The fourth-order valence-corrected chi connectivity index (χ4v) is 7.90. The summed E-state index contributed by atoms with van der Waals surface area (Å²) in [4.78, 5) is 27.6. The predicted octanol–water partition coefficient (Wildman–Crippen LogP) is 6.27. The van der Waals surface area contributed by atoms with Gasteiger partial charge in [-0.3, -0.25) is 0 Å². The number of alkyl carbamates (subject to hydrolysis) is 1. The third kappa shape index (κ3) is 6.43. The maximum absolute atomic E-state index is 14.2. The summed E-state index contributed by atoms with van der Waals surface area (Å²) in [7, 11) is 3.12. The van der Waals surface area contributed by atoms with Crippen LogP contribution >= 0.6 is 0 Å². The zero-order valence-corrected chi connectivity index (χ0v) is 30.5. The Morgan fingerprint density at radius 3 is 2.26 bits per heavy atom. The van der Waals surface area contributed by atoms with Gasteiger partial charge in [0.1, 0.15) is 54.3 Å². The first-order valence-corrected chi connectivity index (χ1v) is 17.2. The molecule has 12 heteroatoms. The molecule has 0 bridgehead atoms. The van der Waals surface area contributed by atoms with E-state index in [1.165, 1.54) is 5.06 Å². The minimum Gasteiger partial charge on any atom is -0.493 e.